The van der Waals surface area contributed by atoms with Gasteiger partial charge < -0.3 is 15.2 Å². The Bertz CT molecular complexity index is 686. The largest absolute Gasteiger partial charge is 0.383 e. The van der Waals surface area contributed by atoms with Crippen molar-refractivity contribution in [3.63, 3.8) is 0 Å². The van der Waals surface area contributed by atoms with E-state index in [1.807, 2.05) is 0 Å². The summed E-state index contributed by atoms with van der Waals surface area (Å²) in [6.45, 7) is 1.01. The summed E-state index contributed by atoms with van der Waals surface area (Å²) >= 11 is 1.33. The van der Waals surface area contributed by atoms with Crippen LogP contribution < -0.4 is 5.73 Å². The fourth-order valence-corrected chi connectivity index (χ4v) is 4.26. The van der Waals surface area contributed by atoms with Crippen molar-refractivity contribution >= 4 is 32.1 Å². The molecule has 0 amide bonds. The molecule has 2 heterocycles. The zero-order chi connectivity index (χ0) is 15.5. The molecular weight excluding hydrogens is 316 g/mol. The Balaban J connectivity index is 2.41. The van der Waals surface area contributed by atoms with E-state index in [1.165, 1.54) is 34.3 Å². The highest BCUT2D eigenvalue weighted by molar-refractivity contribution is 7.89. The number of nitrogens with zero attached hydrogens (tertiary/aromatic N) is 3. The number of nitrogens with two attached hydrogens (primary N) is 1. The second-order valence-corrected chi connectivity index (χ2v) is 6.97. The SMILES string of the molecule is COCCN(CCOC)S(=O)(=O)c1c(N)nc2sccn12. The lowest BCUT2D eigenvalue weighted by molar-refractivity contribution is 0.150. The maximum Gasteiger partial charge on any atom is 0.263 e. The molecule has 2 rings (SSSR count). The van der Waals surface area contributed by atoms with Gasteiger partial charge in [0.15, 0.2) is 15.8 Å². The van der Waals surface area contributed by atoms with Gasteiger partial charge in [-0.2, -0.15) is 4.31 Å². The van der Waals surface area contributed by atoms with E-state index in [-0.39, 0.29) is 37.1 Å². The fraction of sp³-hybridized carbons (Fsp3) is 0.545. The van der Waals surface area contributed by atoms with E-state index in [0.29, 0.717) is 4.96 Å². The van der Waals surface area contributed by atoms with E-state index in [2.05, 4.69) is 4.98 Å². The summed E-state index contributed by atoms with van der Waals surface area (Å²) in [6, 6.07) is 0. The molecule has 0 bridgehead atoms. The van der Waals surface area contributed by atoms with Gasteiger partial charge >= 0.3 is 0 Å². The van der Waals surface area contributed by atoms with Crippen molar-refractivity contribution in [2.45, 2.75) is 5.03 Å². The van der Waals surface area contributed by atoms with Gasteiger partial charge in [-0.1, -0.05) is 0 Å². The zero-order valence-electron chi connectivity index (χ0n) is 11.9. The van der Waals surface area contributed by atoms with Crippen LogP contribution in [-0.2, 0) is 19.5 Å². The monoisotopic (exact) mass is 334 g/mol. The molecule has 0 aliphatic carbocycles. The van der Waals surface area contributed by atoms with Crippen molar-refractivity contribution in [3.05, 3.63) is 11.6 Å². The quantitative estimate of drug-likeness (QED) is 0.743. The lowest BCUT2D eigenvalue weighted by atomic mass is 10.6. The van der Waals surface area contributed by atoms with Crippen LogP contribution in [0.4, 0.5) is 5.82 Å². The number of ether oxygens (including phenoxy) is 2. The maximum atomic E-state index is 12.8. The summed E-state index contributed by atoms with van der Waals surface area (Å²) in [5.41, 5.74) is 5.79. The smallest absolute Gasteiger partial charge is 0.263 e. The average molecular weight is 334 g/mol. The minimum absolute atomic E-state index is 0.00156. The van der Waals surface area contributed by atoms with Gasteiger partial charge in [-0.15, -0.1) is 11.3 Å². The standard InChI is InChI=1S/C11H18N4O4S2/c1-18-6-3-14(4-7-19-2)21(16,17)10-9(12)13-11-15(10)5-8-20-11/h5,8H,3-4,6-7,12H2,1-2H3. The van der Waals surface area contributed by atoms with E-state index in [1.54, 1.807) is 11.6 Å². The number of fused-ring (bicyclic) bond motifs is 1. The summed E-state index contributed by atoms with van der Waals surface area (Å²) in [7, 11) is -0.735. The molecule has 8 nitrogen and oxygen atoms in total. The van der Waals surface area contributed by atoms with E-state index < -0.39 is 10.0 Å². The molecule has 0 aromatic carbocycles. The number of sulfonamides is 1. The number of rotatable bonds is 8. The number of hydrogen-bond donors (Lipinski definition) is 1. The highest BCUT2D eigenvalue weighted by Gasteiger charge is 2.30. The minimum Gasteiger partial charge on any atom is -0.383 e. The number of anilines is 1. The molecular formula is C11H18N4O4S2. The van der Waals surface area contributed by atoms with Crippen LogP contribution >= 0.6 is 11.3 Å². The number of thiazole rings is 1. The van der Waals surface area contributed by atoms with Gasteiger partial charge in [-0.3, -0.25) is 4.40 Å². The molecule has 2 aromatic heterocycles. The molecule has 0 spiro atoms. The molecule has 0 fully saturated rings. The number of hydrogen-bond acceptors (Lipinski definition) is 7. The van der Waals surface area contributed by atoms with Crippen LogP contribution in [0.3, 0.4) is 0 Å². The number of aromatic nitrogens is 2. The van der Waals surface area contributed by atoms with Gasteiger partial charge in [0, 0.05) is 38.9 Å². The molecule has 0 aliphatic heterocycles. The minimum atomic E-state index is -3.77. The van der Waals surface area contributed by atoms with E-state index >= 15 is 0 Å². The molecule has 118 valence electrons. The van der Waals surface area contributed by atoms with Crippen LogP contribution in [0, 0.1) is 0 Å². The Labute approximate surface area is 127 Å². The molecule has 0 saturated carbocycles. The molecule has 0 saturated heterocycles. The molecule has 0 unspecified atom stereocenters. The second-order valence-electron chi connectivity index (χ2n) is 4.25. The first-order valence-electron chi connectivity index (χ1n) is 6.21. The molecule has 0 radical (unpaired) electrons. The third kappa shape index (κ3) is 3.19. The van der Waals surface area contributed by atoms with Crippen molar-refractivity contribution < 1.29 is 17.9 Å². The molecule has 21 heavy (non-hydrogen) atoms. The summed E-state index contributed by atoms with van der Waals surface area (Å²) in [4.78, 5) is 4.62. The van der Waals surface area contributed by atoms with Gasteiger partial charge in [0.1, 0.15) is 0 Å². The highest BCUT2D eigenvalue weighted by atomic mass is 32.2. The molecule has 0 aliphatic rings. The Morgan fingerprint density at radius 2 is 1.95 bits per heavy atom. The molecule has 0 atom stereocenters. The summed E-state index contributed by atoms with van der Waals surface area (Å²) < 4.78 is 38.3. The number of methoxy groups -OCH3 is 2. The summed E-state index contributed by atoms with van der Waals surface area (Å²) in [5, 5.41) is 1.75. The van der Waals surface area contributed by atoms with Crippen molar-refractivity contribution in [3.8, 4) is 0 Å². The first-order chi connectivity index (χ1) is 10.0. The molecule has 2 aromatic rings. The second kappa shape index (κ2) is 6.71. The van der Waals surface area contributed by atoms with Crippen molar-refractivity contribution in [2.75, 3.05) is 46.3 Å². The van der Waals surface area contributed by atoms with Crippen molar-refractivity contribution in [2.24, 2.45) is 0 Å². The first kappa shape index (κ1) is 16.2. The van der Waals surface area contributed by atoms with Crippen LogP contribution in [0.25, 0.3) is 4.96 Å². The van der Waals surface area contributed by atoms with Crippen LogP contribution in [0.15, 0.2) is 16.6 Å². The van der Waals surface area contributed by atoms with Crippen molar-refractivity contribution in [1.82, 2.24) is 13.7 Å². The van der Waals surface area contributed by atoms with Gasteiger partial charge in [0.05, 0.1) is 13.2 Å². The normalized spacial score (nSPS) is 12.5. The summed E-state index contributed by atoms with van der Waals surface area (Å²) in [5.74, 6) is 0.00156. The highest BCUT2D eigenvalue weighted by Crippen LogP contribution is 2.26. The van der Waals surface area contributed by atoms with Crippen molar-refractivity contribution in [1.29, 1.82) is 0 Å². The third-order valence-electron chi connectivity index (χ3n) is 2.92. The first-order valence-corrected chi connectivity index (χ1v) is 8.53. The zero-order valence-corrected chi connectivity index (χ0v) is 13.5. The van der Waals surface area contributed by atoms with Crippen LogP contribution in [0.2, 0.25) is 0 Å². The Kier molecular flexibility index (Phi) is 5.17. The Morgan fingerprint density at radius 3 is 2.52 bits per heavy atom. The van der Waals surface area contributed by atoms with Gasteiger partial charge in [-0.05, 0) is 0 Å². The number of nitrogen functional groups attached to an aromatic ring is 1. The predicted octanol–water partition coefficient (Wildman–Crippen LogP) is 0.261. The predicted molar refractivity (Wildman–Crippen MR) is 80.0 cm³/mol. The van der Waals surface area contributed by atoms with Gasteiger partial charge in [0.2, 0.25) is 0 Å². The van der Waals surface area contributed by atoms with Gasteiger partial charge in [0.25, 0.3) is 10.0 Å². The molecule has 2 N–H and O–H groups in total. The fourth-order valence-electron chi connectivity index (χ4n) is 1.90. The van der Waals surface area contributed by atoms with E-state index in [0.717, 1.165) is 0 Å². The van der Waals surface area contributed by atoms with E-state index in [9.17, 15) is 8.42 Å². The van der Waals surface area contributed by atoms with Crippen LogP contribution in [0.5, 0.6) is 0 Å². The Hall–Kier alpha value is -1.20. The third-order valence-corrected chi connectivity index (χ3v) is 5.61. The topological polar surface area (TPSA) is 99.2 Å². The van der Waals surface area contributed by atoms with E-state index in [4.69, 9.17) is 15.2 Å². The summed E-state index contributed by atoms with van der Waals surface area (Å²) in [6.07, 6.45) is 1.64. The van der Waals surface area contributed by atoms with Gasteiger partial charge in [-0.25, -0.2) is 13.4 Å². The van der Waals surface area contributed by atoms with Crippen LogP contribution in [0.1, 0.15) is 0 Å². The average Bonchev–Trinajstić information content (AvgIpc) is 2.97. The maximum absolute atomic E-state index is 12.8. The molecule has 10 heteroatoms. The lowest BCUT2D eigenvalue weighted by Crippen LogP contribution is -2.37. The number of imidazole rings is 1. The Morgan fingerprint density at radius 1 is 1.33 bits per heavy atom. The van der Waals surface area contributed by atoms with Crippen LogP contribution in [-0.4, -0.2) is 62.6 Å². The lowest BCUT2D eigenvalue weighted by Gasteiger charge is -2.21.